The number of ketones is 2. The van der Waals surface area contributed by atoms with Gasteiger partial charge in [0.15, 0.2) is 5.78 Å². The number of nitriles is 1. The zero-order valence-electron chi connectivity index (χ0n) is 23.9. The summed E-state index contributed by atoms with van der Waals surface area (Å²) >= 11 is 0. The van der Waals surface area contributed by atoms with Gasteiger partial charge in [-0.3, -0.25) is 14.4 Å². The van der Waals surface area contributed by atoms with Crippen molar-refractivity contribution in [3.63, 3.8) is 0 Å². The summed E-state index contributed by atoms with van der Waals surface area (Å²) in [5, 5.41) is 10.1. The first-order valence-corrected chi connectivity index (χ1v) is 14.8. The van der Waals surface area contributed by atoms with Gasteiger partial charge in [0, 0.05) is 18.3 Å². The number of nitrogens with zero attached hydrogens (tertiary/aromatic N) is 1. The quantitative estimate of drug-likeness (QED) is 0.398. The van der Waals surface area contributed by atoms with Crippen LogP contribution in [0.4, 0.5) is 0 Å². The number of carbonyl (C=O) groups is 3. The lowest BCUT2D eigenvalue weighted by Crippen LogP contribution is -2.69. The molecule has 5 nitrogen and oxygen atoms in total. The molecule has 0 saturated heterocycles. The summed E-state index contributed by atoms with van der Waals surface area (Å²) < 4.78 is 5.44. The zero-order chi connectivity index (χ0) is 27.0. The first kappa shape index (κ1) is 25.6. The van der Waals surface area contributed by atoms with E-state index in [1.165, 1.54) is 7.11 Å². The highest BCUT2D eigenvalue weighted by Crippen LogP contribution is 2.80. The Kier molecular flexibility index (Phi) is 5.03. The third-order valence-corrected chi connectivity index (χ3v) is 14.2. The van der Waals surface area contributed by atoms with Crippen molar-refractivity contribution in [2.45, 2.75) is 99.3 Å². The predicted molar refractivity (Wildman–Crippen MR) is 139 cm³/mol. The molecule has 3 unspecified atom stereocenters. The van der Waals surface area contributed by atoms with Gasteiger partial charge in [-0.15, -0.1) is 0 Å². The van der Waals surface area contributed by atoms with E-state index in [0.717, 1.165) is 44.9 Å². The molecule has 6 saturated carbocycles. The second-order valence-electron chi connectivity index (χ2n) is 15.7. The van der Waals surface area contributed by atoms with Gasteiger partial charge in [0.25, 0.3) is 0 Å². The molecule has 0 aromatic rings. The molecule has 0 heterocycles. The van der Waals surface area contributed by atoms with Crippen molar-refractivity contribution in [3.05, 3.63) is 0 Å². The molecule has 6 rings (SSSR count). The van der Waals surface area contributed by atoms with Crippen LogP contribution in [0.3, 0.4) is 0 Å². The van der Waals surface area contributed by atoms with Crippen LogP contribution >= 0.6 is 0 Å². The monoisotopic (exact) mass is 507 g/mol. The third-order valence-electron chi connectivity index (χ3n) is 14.2. The van der Waals surface area contributed by atoms with Crippen molar-refractivity contribution in [1.29, 1.82) is 5.26 Å². The fraction of sp³-hybridized carbons (Fsp3) is 0.875. The molecular weight excluding hydrogens is 462 g/mol. The number of ether oxygens (including phenoxy) is 1. The molecule has 6 aliphatic carbocycles. The van der Waals surface area contributed by atoms with Crippen LogP contribution in [0.5, 0.6) is 0 Å². The van der Waals surface area contributed by atoms with Gasteiger partial charge in [0.05, 0.1) is 18.6 Å². The zero-order valence-corrected chi connectivity index (χ0v) is 23.9. The average Bonchev–Trinajstić information content (AvgIpc) is 3.61. The van der Waals surface area contributed by atoms with Gasteiger partial charge < -0.3 is 4.74 Å². The van der Waals surface area contributed by atoms with Crippen molar-refractivity contribution in [2.75, 3.05) is 7.11 Å². The molecule has 0 aromatic carbocycles. The Hall–Kier alpha value is -1.70. The van der Waals surface area contributed by atoms with Gasteiger partial charge >= 0.3 is 5.97 Å². The third kappa shape index (κ3) is 2.74. The van der Waals surface area contributed by atoms with Gasteiger partial charge in [-0.2, -0.15) is 5.26 Å². The minimum Gasteiger partial charge on any atom is -0.469 e. The molecule has 6 aliphatic rings. The van der Waals surface area contributed by atoms with Crippen molar-refractivity contribution in [3.8, 4) is 6.07 Å². The van der Waals surface area contributed by atoms with Crippen molar-refractivity contribution < 1.29 is 19.1 Å². The van der Waals surface area contributed by atoms with Gasteiger partial charge in [0.2, 0.25) is 0 Å². The van der Waals surface area contributed by atoms with E-state index in [4.69, 9.17) is 4.74 Å². The summed E-state index contributed by atoms with van der Waals surface area (Å²) in [4.78, 5) is 41.2. The van der Waals surface area contributed by atoms with E-state index < -0.39 is 10.8 Å². The Morgan fingerprint density at radius 1 is 0.919 bits per heavy atom. The van der Waals surface area contributed by atoms with Crippen molar-refractivity contribution >= 4 is 17.5 Å². The number of rotatable bonds is 1. The number of hydrogen-bond donors (Lipinski definition) is 0. The van der Waals surface area contributed by atoms with Crippen LogP contribution in [0, 0.1) is 79.3 Å². The predicted octanol–water partition coefficient (Wildman–Crippen LogP) is 6.15. The second kappa shape index (κ2) is 7.28. The van der Waals surface area contributed by atoms with E-state index in [1.807, 2.05) is 6.92 Å². The molecule has 0 spiro atoms. The summed E-state index contributed by atoms with van der Waals surface area (Å²) in [5.41, 5.74) is -1.73. The molecule has 11 atom stereocenters. The van der Waals surface area contributed by atoms with Gasteiger partial charge in [-0.05, 0) is 96.7 Å². The maximum absolute atomic E-state index is 14.5. The number of Topliss-reactive ketones (excluding diaryl/α,β-unsaturated/α-hetero) is 2. The molecule has 0 N–H and O–H groups in total. The maximum atomic E-state index is 14.5. The highest BCUT2D eigenvalue weighted by Gasteiger charge is 2.80. The summed E-state index contributed by atoms with van der Waals surface area (Å²) in [6.07, 6.45) is 7.55. The van der Waals surface area contributed by atoms with Crippen LogP contribution in [0.2, 0.25) is 0 Å². The van der Waals surface area contributed by atoms with Gasteiger partial charge in [-0.1, -0.05) is 41.5 Å². The molecule has 5 heteroatoms. The molecular formula is C32H45NO4. The van der Waals surface area contributed by atoms with Crippen LogP contribution in [0.25, 0.3) is 0 Å². The summed E-state index contributed by atoms with van der Waals surface area (Å²) in [6, 6.07) is 2.46. The molecule has 37 heavy (non-hydrogen) atoms. The minimum atomic E-state index is -0.830. The smallest absolute Gasteiger partial charge is 0.312 e. The van der Waals surface area contributed by atoms with Crippen LogP contribution in [-0.4, -0.2) is 24.6 Å². The summed E-state index contributed by atoms with van der Waals surface area (Å²) in [5.74, 6) is 0.624. The standard InChI is InChI=1S/C32H45NO4/c1-18-19-8-9-28(4)22(30(19,6)23-16-32(23,17-33)25(18)35)14-21(34)24-20-15-27(2,3)10-12-31(20,26(36)37-7)13-11-29(24,28)5/h18-20,22-24H,8-16H2,1-7H3/t18-,19-,20?,22?,23+,24?,28+,29+,30-,31-,32-/m0/s1. The van der Waals surface area contributed by atoms with E-state index >= 15 is 0 Å². The lowest BCUT2D eigenvalue weighted by atomic mass is 9.31. The number of carbonyl (C=O) groups excluding carboxylic acids is 3. The Labute approximate surface area is 222 Å². The number of fused-ring (bicyclic) bond motifs is 9. The molecule has 0 aliphatic heterocycles. The second-order valence-corrected chi connectivity index (χ2v) is 15.7. The molecule has 202 valence electrons. The van der Waals surface area contributed by atoms with E-state index in [-0.39, 0.29) is 68.9 Å². The van der Waals surface area contributed by atoms with E-state index in [1.54, 1.807) is 0 Å². The Morgan fingerprint density at radius 2 is 1.59 bits per heavy atom. The molecule has 0 amide bonds. The molecule has 0 aromatic heterocycles. The first-order valence-electron chi connectivity index (χ1n) is 14.8. The normalized spacial score (nSPS) is 55.4. The van der Waals surface area contributed by atoms with Crippen LogP contribution in [0.15, 0.2) is 0 Å². The van der Waals surface area contributed by atoms with Crippen LogP contribution in [-0.2, 0) is 19.1 Å². The van der Waals surface area contributed by atoms with Crippen molar-refractivity contribution in [2.24, 2.45) is 68.0 Å². The molecule has 0 bridgehead atoms. The minimum absolute atomic E-state index is 0.0178. The highest BCUT2D eigenvalue weighted by molar-refractivity contribution is 5.94. The Bertz CT molecular complexity index is 1140. The molecule has 0 radical (unpaired) electrons. The Morgan fingerprint density at radius 3 is 2.24 bits per heavy atom. The van der Waals surface area contributed by atoms with Crippen molar-refractivity contribution in [1.82, 2.24) is 0 Å². The number of hydrogen-bond acceptors (Lipinski definition) is 5. The fourth-order valence-electron chi connectivity index (χ4n) is 11.9. The highest BCUT2D eigenvalue weighted by atomic mass is 16.5. The van der Waals surface area contributed by atoms with E-state index in [2.05, 4.69) is 40.7 Å². The molecule has 6 fully saturated rings. The lowest BCUT2D eigenvalue weighted by Gasteiger charge is -2.71. The SMILES string of the molecule is COC(=O)[C@]12CCC(C)(C)CC1C1C(=O)CC3[C@@]4(C)[C@H]5C[C@@]5(C#N)C(=O)[C@@H](C)[C@@H]4CC[C@@]3(C)[C@]1(C)CC2. The van der Waals surface area contributed by atoms with E-state index in [0.29, 0.717) is 18.6 Å². The largest absolute Gasteiger partial charge is 0.469 e. The van der Waals surface area contributed by atoms with Crippen LogP contribution in [0.1, 0.15) is 99.3 Å². The first-order chi connectivity index (χ1) is 17.2. The summed E-state index contributed by atoms with van der Waals surface area (Å²) in [7, 11) is 1.51. The lowest BCUT2D eigenvalue weighted by molar-refractivity contribution is -0.234. The fourth-order valence-corrected chi connectivity index (χ4v) is 11.9. The van der Waals surface area contributed by atoms with E-state index in [9.17, 15) is 19.6 Å². The van der Waals surface area contributed by atoms with Gasteiger partial charge in [-0.25, -0.2) is 0 Å². The number of methoxy groups -OCH3 is 1. The maximum Gasteiger partial charge on any atom is 0.312 e. The Balaban J connectivity index is 1.46. The van der Waals surface area contributed by atoms with Crippen LogP contribution < -0.4 is 0 Å². The number of esters is 1. The topological polar surface area (TPSA) is 84.2 Å². The average molecular weight is 508 g/mol. The van der Waals surface area contributed by atoms with Gasteiger partial charge in [0.1, 0.15) is 11.2 Å². The summed E-state index contributed by atoms with van der Waals surface area (Å²) in [6.45, 7) is 13.8.